The molecule has 0 aliphatic rings. The number of rotatable bonds is 6. The van der Waals surface area contributed by atoms with E-state index >= 15 is 0 Å². The Kier molecular flexibility index (Phi) is 4.95. The number of carbonyl (C=O) groups excluding carboxylic acids is 1. The number of furan rings is 1. The lowest BCUT2D eigenvalue weighted by atomic mass is 10.2. The number of nitrogens with one attached hydrogen (secondary N) is 1. The fourth-order valence-corrected chi connectivity index (χ4v) is 2.73. The van der Waals surface area contributed by atoms with Gasteiger partial charge in [-0.1, -0.05) is 18.2 Å². The van der Waals surface area contributed by atoms with Crippen LogP contribution in [0.1, 0.15) is 11.5 Å². The van der Waals surface area contributed by atoms with Crippen molar-refractivity contribution in [2.24, 2.45) is 5.73 Å². The van der Waals surface area contributed by atoms with Crippen LogP contribution in [0.15, 0.2) is 57.4 Å². The van der Waals surface area contributed by atoms with E-state index in [-0.39, 0.29) is 22.8 Å². The van der Waals surface area contributed by atoms with Gasteiger partial charge in [0, 0.05) is 6.08 Å². The molecule has 0 spiro atoms. The van der Waals surface area contributed by atoms with E-state index in [4.69, 9.17) is 15.4 Å². The first-order chi connectivity index (χ1) is 10.9. The first-order valence-corrected chi connectivity index (χ1v) is 7.96. The topological polar surface area (TPSA) is 126 Å². The predicted molar refractivity (Wildman–Crippen MR) is 82.0 cm³/mol. The summed E-state index contributed by atoms with van der Waals surface area (Å²) in [6.45, 7) is -0.0659. The molecule has 23 heavy (non-hydrogen) atoms. The van der Waals surface area contributed by atoms with Crippen LogP contribution in [0.25, 0.3) is 6.08 Å². The molecule has 0 aliphatic heterocycles. The number of hydrogen-bond acceptors (Lipinski definition) is 5. The van der Waals surface area contributed by atoms with Gasteiger partial charge in [-0.15, -0.1) is 0 Å². The van der Waals surface area contributed by atoms with Gasteiger partial charge in [-0.2, -0.15) is 5.26 Å². The number of nitrogens with two attached hydrogens (primary N) is 1. The highest BCUT2D eigenvalue weighted by Crippen LogP contribution is 2.13. The summed E-state index contributed by atoms with van der Waals surface area (Å²) in [5, 5.41) is 8.75. The number of hydrogen-bond donors (Lipinski definition) is 2. The average molecular weight is 331 g/mol. The summed E-state index contributed by atoms with van der Waals surface area (Å²) in [7, 11) is -3.64. The van der Waals surface area contributed by atoms with Crippen molar-refractivity contribution in [1.29, 1.82) is 5.26 Å². The molecule has 0 saturated carbocycles. The van der Waals surface area contributed by atoms with Crippen LogP contribution in [-0.4, -0.2) is 14.3 Å². The standard InChI is InChI=1S/C15H13N3O4S/c16-9-11(15(17)19)8-12-6-7-13(22-12)10-18-23(20,21)14-4-2-1-3-5-14/h1-8,18H,10H2,(H2,17,19)/b11-8-. The number of amides is 1. The van der Waals surface area contributed by atoms with Crippen molar-refractivity contribution in [3.63, 3.8) is 0 Å². The summed E-state index contributed by atoms with van der Waals surface area (Å²) in [5.41, 5.74) is 4.77. The molecule has 118 valence electrons. The van der Waals surface area contributed by atoms with Crippen molar-refractivity contribution in [2.45, 2.75) is 11.4 Å². The molecule has 0 aliphatic carbocycles. The minimum atomic E-state index is -3.64. The van der Waals surface area contributed by atoms with Gasteiger partial charge in [0.15, 0.2) is 0 Å². The number of sulfonamides is 1. The zero-order valence-electron chi connectivity index (χ0n) is 11.9. The first-order valence-electron chi connectivity index (χ1n) is 6.47. The lowest BCUT2D eigenvalue weighted by molar-refractivity contribution is -0.114. The van der Waals surface area contributed by atoms with Gasteiger partial charge in [0.25, 0.3) is 5.91 Å². The molecule has 0 fully saturated rings. The van der Waals surface area contributed by atoms with E-state index in [1.807, 2.05) is 0 Å². The zero-order valence-corrected chi connectivity index (χ0v) is 12.7. The maximum atomic E-state index is 12.1. The predicted octanol–water partition coefficient (Wildman–Crippen LogP) is 1.15. The molecular formula is C15H13N3O4S. The molecule has 0 bridgehead atoms. The number of benzene rings is 1. The Hall–Kier alpha value is -2.89. The van der Waals surface area contributed by atoms with Crippen LogP contribution in [0.2, 0.25) is 0 Å². The van der Waals surface area contributed by atoms with E-state index in [0.29, 0.717) is 5.76 Å². The maximum Gasteiger partial charge on any atom is 0.259 e. The largest absolute Gasteiger partial charge is 0.460 e. The van der Waals surface area contributed by atoms with E-state index in [2.05, 4.69) is 4.72 Å². The van der Waals surface area contributed by atoms with E-state index in [1.165, 1.54) is 30.3 Å². The molecule has 8 heteroatoms. The summed E-state index contributed by atoms with van der Waals surface area (Å²) >= 11 is 0. The van der Waals surface area contributed by atoms with Crippen molar-refractivity contribution in [2.75, 3.05) is 0 Å². The minimum Gasteiger partial charge on any atom is -0.460 e. The fourth-order valence-electron chi connectivity index (χ4n) is 1.72. The summed E-state index contributed by atoms with van der Waals surface area (Å²) in [6.07, 6.45) is 1.19. The van der Waals surface area contributed by atoms with Crippen LogP contribution >= 0.6 is 0 Å². The zero-order chi connectivity index (χ0) is 16.9. The normalized spacial score (nSPS) is 11.9. The monoisotopic (exact) mass is 331 g/mol. The molecule has 0 unspecified atom stereocenters. The Morgan fingerprint density at radius 2 is 1.96 bits per heavy atom. The first kappa shape index (κ1) is 16.5. The molecule has 7 nitrogen and oxygen atoms in total. The van der Waals surface area contributed by atoms with Crippen LogP contribution in [0, 0.1) is 11.3 Å². The third kappa shape index (κ3) is 4.29. The molecule has 2 rings (SSSR count). The molecule has 0 saturated heterocycles. The average Bonchev–Trinajstić information content (AvgIpc) is 2.99. The third-order valence-electron chi connectivity index (χ3n) is 2.84. The minimum absolute atomic E-state index is 0.0659. The van der Waals surface area contributed by atoms with E-state index in [9.17, 15) is 13.2 Å². The summed E-state index contributed by atoms with van der Waals surface area (Å²) in [5.74, 6) is -0.304. The van der Waals surface area contributed by atoms with Gasteiger partial charge in [-0.05, 0) is 24.3 Å². The molecule has 2 aromatic rings. The Labute approximate surface area is 133 Å². The Balaban J connectivity index is 2.09. The number of primary amides is 1. The Bertz CT molecular complexity index is 877. The highest BCUT2D eigenvalue weighted by molar-refractivity contribution is 7.89. The quantitative estimate of drug-likeness (QED) is 0.606. The lowest BCUT2D eigenvalue weighted by Gasteiger charge is -2.04. The van der Waals surface area contributed by atoms with E-state index in [0.717, 1.165) is 0 Å². The number of carbonyl (C=O) groups is 1. The second-order valence-electron chi connectivity index (χ2n) is 4.48. The lowest BCUT2D eigenvalue weighted by Crippen LogP contribution is -2.22. The SMILES string of the molecule is N#C/C(=C/c1ccc(CNS(=O)(=O)c2ccccc2)o1)C(N)=O. The second-order valence-corrected chi connectivity index (χ2v) is 6.24. The van der Waals surface area contributed by atoms with Crippen molar-refractivity contribution >= 4 is 22.0 Å². The van der Waals surface area contributed by atoms with Crippen molar-refractivity contribution in [3.8, 4) is 6.07 Å². The molecule has 1 aromatic heterocycles. The molecule has 3 N–H and O–H groups in total. The molecule has 0 radical (unpaired) electrons. The van der Waals surface area contributed by atoms with Gasteiger partial charge in [0.2, 0.25) is 10.0 Å². The molecular weight excluding hydrogens is 318 g/mol. The smallest absolute Gasteiger partial charge is 0.259 e. The van der Waals surface area contributed by atoms with E-state index in [1.54, 1.807) is 24.3 Å². The van der Waals surface area contributed by atoms with Gasteiger partial charge in [-0.25, -0.2) is 13.1 Å². The van der Waals surface area contributed by atoms with Crippen LogP contribution < -0.4 is 10.5 Å². The molecule has 0 atom stereocenters. The van der Waals surface area contributed by atoms with Crippen molar-refractivity contribution in [1.82, 2.24) is 4.72 Å². The van der Waals surface area contributed by atoms with Gasteiger partial charge >= 0.3 is 0 Å². The van der Waals surface area contributed by atoms with Gasteiger partial charge in [0.05, 0.1) is 11.4 Å². The van der Waals surface area contributed by atoms with Gasteiger partial charge < -0.3 is 10.2 Å². The highest BCUT2D eigenvalue weighted by atomic mass is 32.2. The fraction of sp³-hybridized carbons (Fsp3) is 0.0667. The molecule has 1 amide bonds. The molecule has 1 heterocycles. The van der Waals surface area contributed by atoms with Crippen LogP contribution in [-0.2, 0) is 21.4 Å². The van der Waals surface area contributed by atoms with Crippen LogP contribution in [0.3, 0.4) is 0 Å². The van der Waals surface area contributed by atoms with Gasteiger partial charge in [-0.3, -0.25) is 4.79 Å². The van der Waals surface area contributed by atoms with E-state index < -0.39 is 15.9 Å². The van der Waals surface area contributed by atoms with Crippen LogP contribution in [0.5, 0.6) is 0 Å². The maximum absolute atomic E-state index is 12.1. The second kappa shape index (κ2) is 6.91. The summed E-state index contributed by atoms with van der Waals surface area (Å²) in [4.78, 5) is 11.1. The summed E-state index contributed by atoms with van der Waals surface area (Å²) in [6, 6.07) is 12.6. The van der Waals surface area contributed by atoms with Crippen molar-refractivity contribution in [3.05, 3.63) is 59.6 Å². The third-order valence-corrected chi connectivity index (χ3v) is 4.26. The Morgan fingerprint density at radius 3 is 2.57 bits per heavy atom. The number of nitrogens with zero attached hydrogens (tertiary/aromatic N) is 1. The van der Waals surface area contributed by atoms with Crippen molar-refractivity contribution < 1.29 is 17.6 Å². The van der Waals surface area contributed by atoms with Gasteiger partial charge in [0.1, 0.15) is 23.2 Å². The molecule has 1 aromatic carbocycles. The summed E-state index contributed by atoms with van der Waals surface area (Å²) < 4.78 is 31.8. The highest BCUT2D eigenvalue weighted by Gasteiger charge is 2.14. The van der Waals surface area contributed by atoms with Crippen LogP contribution in [0.4, 0.5) is 0 Å². The number of nitriles is 1. The Morgan fingerprint density at radius 1 is 1.26 bits per heavy atom.